The molecule has 4 heteroatoms. The van der Waals surface area contributed by atoms with E-state index in [2.05, 4.69) is 18.2 Å². The Kier molecular flexibility index (Phi) is 6.62. The van der Waals surface area contributed by atoms with Crippen molar-refractivity contribution in [2.45, 2.75) is 44.9 Å². The highest BCUT2D eigenvalue weighted by atomic mass is 32.2. The Morgan fingerprint density at radius 2 is 2.00 bits per heavy atom. The van der Waals surface area contributed by atoms with Gasteiger partial charge in [0.2, 0.25) is 0 Å². The zero-order valence-electron chi connectivity index (χ0n) is 9.79. The van der Waals surface area contributed by atoms with Gasteiger partial charge in [0.25, 0.3) is 0 Å². The van der Waals surface area contributed by atoms with Crippen molar-refractivity contribution in [2.75, 3.05) is 12.3 Å². The van der Waals surface area contributed by atoms with Crippen molar-refractivity contribution in [3.05, 3.63) is 0 Å². The van der Waals surface area contributed by atoms with E-state index in [0.29, 0.717) is 6.54 Å². The lowest BCUT2D eigenvalue weighted by molar-refractivity contribution is 0.561. The molecule has 0 aliphatic carbocycles. The Morgan fingerprint density at radius 3 is 2.40 bits per heavy atom. The van der Waals surface area contributed by atoms with Gasteiger partial charge in [-0.15, -0.1) is 6.42 Å². The third-order valence-corrected chi connectivity index (χ3v) is 4.48. The normalized spacial score (nSPS) is 13.8. The molecule has 0 spiro atoms. The van der Waals surface area contributed by atoms with Gasteiger partial charge in [-0.3, -0.25) is 0 Å². The number of terminal acetylenes is 1. The quantitative estimate of drug-likeness (QED) is 0.670. The van der Waals surface area contributed by atoms with Crippen molar-refractivity contribution < 1.29 is 8.42 Å². The highest BCUT2D eigenvalue weighted by Gasteiger charge is 2.15. The van der Waals surface area contributed by atoms with Crippen LogP contribution in [0.25, 0.3) is 0 Å². The smallest absolute Gasteiger partial charge is 0.153 e. The third-order valence-electron chi connectivity index (χ3n) is 2.27. The maximum absolute atomic E-state index is 11.5. The Morgan fingerprint density at radius 1 is 1.40 bits per heavy atom. The Bertz CT molecular complexity index is 301. The van der Waals surface area contributed by atoms with Gasteiger partial charge in [-0.1, -0.05) is 19.3 Å². The molecule has 0 aromatic rings. The van der Waals surface area contributed by atoms with Crippen LogP contribution in [0.5, 0.6) is 0 Å². The fraction of sp³-hybridized carbons (Fsp3) is 0.818. The third kappa shape index (κ3) is 5.81. The van der Waals surface area contributed by atoms with E-state index in [9.17, 15) is 8.42 Å². The fourth-order valence-corrected chi connectivity index (χ4v) is 2.02. The second kappa shape index (κ2) is 6.86. The predicted octanol–water partition coefficient (Wildman–Crippen LogP) is 1.20. The number of hydrogen-bond donors (Lipinski definition) is 1. The van der Waals surface area contributed by atoms with Gasteiger partial charge >= 0.3 is 0 Å². The number of hydrogen-bond acceptors (Lipinski definition) is 3. The van der Waals surface area contributed by atoms with Crippen LogP contribution >= 0.6 is 0 Å². The summed E-state index contributed by atoms with van der Waals surface area (Å²) in [4.78, 5) is 0. The van der Waals surface area contributed by atoms with Gasteiger partial charge in [-0.05, 0) is 20.3 Å². The molecule has 1 atom stereocenters. The molecule has 0 bridgehead atoms. The van der Waals surface area contributed by atoms with Gasteiger partial charge in [-0.2, -0.15) is 0 Å². The zero-order chi connectivity index (χ0) is 11.9. The van der Waals surface area contributed by atoms with Crippen molar-refractivity contribution in [3.8, 4) is 12.3 Å². The molecule has 0 aliphatic heterocycles. The van der Waals surface area contributed by atoms with Crippen molar-refractivity contribution in [1.29, 1.82) is 0 Å². The number of sulfone groups is 1. The molecule has 3 nitrogen and oxygen atoms in total. The van der Waals surface area contributed by atoms with E-state index < -0.39 is 9.84 Å². The van der Waals surface area contributed by atoms with Crippen molar-refractivity contribution >= 4 is 9.84 Å². The summed E-state index contributed by atoms with van der Waals surface area (Å²) in [5, 5.41) is 2.76. The first-order chi connectivity index (χ1) is 6.94. The molecule has 1 unspecified atom stereocenters. The van der Waals surface area contributed by atoms with Crippen LogP contribution in [0.1, 0.15) is 33.6 Å². The Hall–Kier alpha value is -0.530. The van der Waals surface area contributed by atoms with Crippen LogP contribution in [-0.2, 0) is 9.84 Å². The van der Waals surface area contributed by atoms with Crippen LogP contribution in [0.15, 0.2) is 0 Å². The second-order valence-electron chi connectivity index (χ2n) is 3.88. The Balaban J connectivity index is 3.94. The SMILES string of the molecule is C#CC(CCC)NCCS(=O)(=O)C(C)C. The summed E-state index contributed by atoms with van der Waals surface area (Å²) in [6.07, 6.45) is 7.19. The van der Waals surface area contributed by atoms with Gasteiger partial charge < -0.3 is 5.32 Å². The van der Waals surface area contributed by atoms with Crippen LogP contribution < -0.4 is 5.32 Å². The monoisotopic (exact) mass is 231 g/mol. The van der Waals surface area contributed by atoms with E-state index in [4.69, 9.17) is 6.42 Å². The minimum absolute atomic E-state index is 0.00244. The van der Waals surface area contributed by atoms with Crippen molar-refractivity contribution in [3.63, 3.8) is 0 Å². The van der Waals surface area contributed by atoms with Gasteiger partial charge in [0.15, 0.2) is 9.84 Å². The lowest BCUT2D eigenvalue weighted by Gasteiger charge is -2.13. The standard InChI is InChI=1S/C11H21NO2S/c1-5-7-11(6-2)12-8-9-15(13,14)10(3)4/h2,10-12H,5,7-9H2,1,3-4H3. The highest BCUT2D eigenvalue weighted by molar-refractivity contribution is 7.92. The van der Waals surface area contributed by atoms with Gasteiger partial charge in [0, 0.05) is 6.54 Å². The maximum Gasteiger partial charge on any atom is 0.153 e. The summed E-state index contributed by atoms with van der Waals surface area (Å²) >= 11 is 0. The molecule has 0 radical (unpaired) electrons. The molecule has 0 aliphatic rings. The van der Waals surface area contributed by atoms with E-state index in [-0.39, 0.29) is 17.0 Å². The average Bonchev–Trinajstić information content (AvgIpc) is 2.16. The molecule has 88 valence electrons. The highest BCUT2D eigenvalue weighted by Crippen LogP contribution is 2.00. The Labute approximate surface area is 93.6 Å². The molecule has 1 N–H and O–H groups in total. The first kappa shape index (κ1) is 14.5. The molecular formula is C11H21NO2S. The summed E-state index contributed by atoms with van der Waals surface area (Å²) in [7, 11) is -2.95. The van der Waals surface area contributed by atoms with Crippen LogP contribution in [-0.4, -0.2) is 32.0 Å². The largest absolute Gasteiger partial charge is 0.303 e. The summed E-state index contributed by atoms with van der Waals surface area (Å²) < 4.78 is 22.9. The minimum atomic E-state index is -2.95. The fourth-order valence-electron chi connectivity index (χ4n) is 1.14. The van der Waals surface area contributed by atoms with Crippen LogP contribution in [0.3, 0.4) is 0 Å². The minimum Gasteiger partial charge on any atom is -0.303 e. The molecule has 0 aromatic heterocycles. The average molecular weight is 231 g/mol. The van der Waals surface area contributed by atoms with E-state index in [1.165, 1.54) is 0 Å². The number of rotatable bonds is 7. The van der Waals surface area contributed by atoms with E-state index in [1.807, 2.05) is 0 Å². The van der Waals surface area contributed by atoms with E-state index in [0.717, 1.165) is 12.8 Å². The molecule has 0 aromatic carbocycles. The molecule has 0 saturated carbocycles. The molecule has 0 amide bonds. The predicted molar refractivity (Wildman–Crippen MR) is 64.5 cm³/mol. The topological polar surface area (TPSA) is 46.2 Å². The lowest BCUT2D eigenvalue weighted by atomic mass is 10.2. The van der Waals surface area contributed by atoms with Crippen LogP contribution in [0, 0.1) is 12.3 Å². The molecule has 0 rings (SSSR count). The maximum atomic E-state index is 11.5. The summed E-state index contributed by atoms with van der Waals surface area (Å²) in [5.41, 5.74) is 0. The van der Waals surface area contributed by atoms with E-state index >= 15 is 0 Å². The summed E-state index contributed by atoms with van der Waals surface area (Å²) in [5.74, 6) is 2.77. The zero-order valence-corrected chi connectivity index (χ0v) is 10.6. The van der Waals surface area contributed by atoms with Crippen molar-refractivity contribution in [1.82, 2.24) is 5.32 Å². The molecule has 0 saturated heterocycles. The van der Waals surface area contributed by atoms with Gasteiger partial charge in [0.05, 0.1) is 17.0 Å². The second-order valence-corrected chi connectivity index (χ2v) is 6.55. The van der Waals surface area contributed by atoms with Gasteiger partial charge in [-0.25, -0.2) is 8.42 Å². The molecular weight excluding hydrogens is 210 g/mol. The number of nitrogens with one attached hydrogen (secondary N) is 1. The van der Waals surface area contributed by atoms with Gasteiger partial charge in [0.1, 0.15) is 0 Å². The van der Waals surface area contributed by atoms with E-state index in [1.54, 1.807) is 13.8 Å². The molecule has 15 heavy (non-hydrogen) atoms. The molecule has 0 fully saturated rings. The molecule has 0 heterocycles. The first-order valence-corrected chi connectivity index (χ1v) is 7.06. The van der Waals surface area contributed by atoms with Crippen LogP contribution in [0.4, 0.5) is 0 Å². The van der Waals surface area contributed by atoms with Crippen molar-refractivity contribution in [2.24, 2.45) is 0 Å². The van der Waals surface area contributed by atoms with Crippen LogP contribution in [0.2, 0.25) is 0 Å². The summed E-state index contributed by atoms with van der Waals surface area (Å²) in [6.45, 7) is 5.88. The summed E-state index contributed by atoms with van der Waals surface area (Å²) in [6, 6.07) is -0.00244. The first-order valence-electron chi connectivity index (χ1n) is 5.35. The lowest BCUT2D eigenvalue weighted by Crippen LogP contribution is -2.33.